The van der Waals surface area contributed by atoms with Gasteiger partial charge in [0.1, 0.15) is 5.76 Å². The number of H-pyrrole nitrogens is 1. The third kappa shape index (κ3) is 3.05. The topological polar surface area (TPSA) is 91.2 Å². The van der Waals surface area contributed by atoms with Crippen LogP contribution in [0.1, 0.15) is 12.2 Å². The molecule has 3 aromatic rings. The second-order valence-corrected chi connectivity index (χ2v) is 6.86. The van der Waals surface area contributed by atoms with Gasteiger partial charge in [-0.3, -0.25) is 19.6 Å². The first-order chi connectivity index (χ1) is 12.1. The molecule has 2 N–H and O–H groups in total. The molecule has 1 aliphatic heterocycles. The van der Waals surface area contributed by atoms with Crippen LogP contribution in [-0.4, -0.2) is 28.6 Å². The van der Waals surface area contributed by atoms with Crippen LogP contribution in [0.5, 0.6) is 0 Å². The average molecular weight is 403 g/mol. The number of hydrogen-bond donors (Lipinski definition) is 2. The molecule has 0 radical (unpaired) electrons. The summed E-state index contributed by atoms with van der Waals surface area (Å²) in [6.07, 6.45) is 1.73. The highest BCUT2D eigenvalue weighted by molar-refractivity contribution is 9.10. The number of carbonyl (C=O) groups is 2. The van der Waals surface area contributed by atoms with Crippen LogP contribution in [0.25, 0.3) is 10.9 Å². The van der Waals surface area contributed by atoms with E-state index in [1.165, 1.54) is 0 Å². The molecule has 25 heavy (non-hydrogen) atoms. The van der Waals surface area contributed by atoms with Crippen LogP contribution in [0.15, 0.2) is 45.5 Å². The number of hydrogen-bond acceptors (Lipinski definition) is 4. The number of benzene rings is 1. The normalized spacial score (nSPS) is 17.4. The third-order valence-electron chi connectivity index (χ3n) is 4.27. The van der Waals surface area contributed by atoms with Crippen LogP contribution in [0.3, 0.4) is 0 Å². The molecular weight excluding hydrogens is 388 g/mol. The van der Waals surface area contributed by atoms with Gasteiger partial charge in [-0.25, -0.2) is 0 Å². The number of carbonyl (C=O) groups excluding carboxylic acids is 2. The first-order valence-electron chi connectivity index (χ1n) is 7.86. The smallest absolute Gasteiger partial charge is 0.229 e. The summed E-state index contributed by atoms with van der Waals surface area (Å²) in [7, 11) is 0. The van der Waals surface area contributed by atoms with Crippen molar-refractivity contribution in [3.05, 3.63) is 46.8 Å². The molecule has 8 heteroatoms. The molecule has 1 atom stereocenters. The lowest BCUT2D eigenvalue weighted by Gasteiger charge is -2.14. The highest BCUT2D eigenvalue weighted by Gasteiger charge is 2.36. The lowest BCUT2D eigenvalue weighted by Crippen LogP contribution is -2.32. The summed E-state index contributed by atoms with van der Waals surface area (Å²) in [6, 6.07) is 9.26. The van der Waals surface area contributed by atoms with Crippen molar-refractivity contribution >= 4 is 44.5 Å². The summed E-state index contributed by atoms with van der Waals surface area (Å²) in [5.41, 5.74) is 0.836. The minimum atomic E-state index is -0.398. The summed E-state index contributed by atoms with van der Waals surface area (Å²) < 4.78 is 6.12. The van der Waals surface area contributed by atoms with E-state index in [2.05, 4.69) is 31.4 Å². The Morgan fingerprint density at radius 2 is 2.32 bits per heavy atom. The number of halogens is 1. The lowest BCUT2D eigenvalue weighted by atomic mass is 10.1. The second kappa shape index (κ2) is 6.36. The van der Waals surface area contributed by atoms with Crippen LogP contribution >= 0.6 is 15.9 Å². The van der Waals surface area contributed by atoms with Crippen molar-refractivity contribution in [2.75, 3.05) is 11.4 Å². The van der Waals surface area contributed by atoms with E-state index in [4.69, 9.17) is 4.42 Å². The van der Waals surface area contributed by atoms with E-state index in [1.54, 1.807) is 23.3 Å². The molecule has 7 nitrogen and oxygen atoms in total. The number of amides is 2. The monoisotopic (exact) mass is 402 g/mol. The molecule has 0 aliphatic carbocycles. The van der Waals surface area contributed by atoms with Crippen molar-refractivity contribution in [1.29, 1.82) is 0 Å². The van der Waals surface area contributed by atoms with E-state index >= 15 is 0 Å². The van der Waals surface area contributed by atoms with Gasteiger partial charge >= 0.3 is 0 Å². The van der Waals surface area contributed by atoms with Crippen LogP contribution in [0.2, 0.25) is 0 Å². The Balaban J connectivity index is 1.48. The maximum absolute atomic E-state index is 12.4. The minimum Gasteiger partial charge on any atom is -0.467 e. The van der Waals surface area contributed by atoms with Gasteiger partial charge in [0.25, 0.3) is 0 Å². The zero-order chi connectivity index (χ0) is 17.4. The number of furan rings is 1. The maximum atomic E-state index is 12.4. The van der Waals surface area contributed by atoms with E-state index in [0.29, 0.717) is 24.7 Å². The highest BCUT2D eigenvalue weighted by atomic mass is 79.9. The molecule has 0 bridgehead atoms. The molecule has 1 fully saturated rings. The number of aromatic amines is 1. The Morgan fingerprint density at radius 1 is 1.44 bits per heavy atom. The second-order valence-electron chi connectivity index (χ2n) is 5.94. The van der Waals surface area contributed by atoms with E-state index in [-0.39, 0.29) is 18.2 Å². The van der Waals surface area contributed by atoms with Crippen molar-refractivity contribution < 1.29 is 14.0 Å². The van der Waals surface area contributed by atoms with E-state index in [9.17, 15) is 9.59 Å². The number of rotatable bonds is 4. The van der Waals surface area contributed by atoms with Crippen LogP contribution < -0.4 is 10.2 Å². The Labute approximate surface area is 151 Å². The molecule has 0 unspecified atom stereocenters. The Morgan fingerprint density at radius 3 is 3.12 bits per heavy atom. The van der Waals surface area contributed by atoms with Gasteiger partial charge in [0, 0.05) is 22.8 Å². The number of aromatic nitrogens is 2. The van der Waals surface area contributed by atoms with Gasteiger partial charge in [-0.15, -0.1) is 0 Å². The van der Waals surface area contributed by atoms with Gasteiger partial charge in [0.2, 0.25) is 11.8 Å². The van der Waals surface area contributed by atoms with Crippen molar-refractivity contribution in [2.24, 2.45) is 5.92 Å². The Kier molecular flexibility index (Phi) is 4.04. The SMILES string of the molecule is O=C(NCc1ccco1)[C@@H]1CC(=O)N(c2n[nH]c3cc(Br)ccc23)C1. The number of fused-ring (bicyclic) bond motifs is 1. The maximum Gasteiger partial charge on any atom is 0.229 e. The summed E-state index contributed by atoms with van der Waals surface area (Å²) in [6.45, 7) is 0.634. The summed E-state index contributed by atoms with van der Waals surface area (Å²) in [5.74, 6) is 0.584. The standard InChI is InChI=1S/C17H15BrN4O3/c18-11-3-4-13-14(7-11)20-21-16(13)22-9-10(6-15(22)23)17(24)19-8-12-2-1-5-25-12/h1-5,7,10H,6,8-9H2,(H,19,24)(H,20,21)/t10-/m1/s1. The van der Waals surface area contributed by atoms with Crippen molar-refractivity contribution in [2.45, 2.75) is 13.0 Å². The molecule has 2 aromatic heterocycles. The van der Waals surface area contributed by atoms with Crippen LogP contribution in [0, 0.1) is 5.92 Å². The molecule has 4 rings (SSSR count). The molecule has 1 aromatic carbocycles. The molecule has 0 spiro atoms. The molecule has 1 aliphatic rings. The minimum absolute atomic E-state index is 0.102. The summed E-state index contributed by atoms with van der Waals surface area (Å²) in [4.78, 5) is 26.3. The molecule has 2 amide bonds. The largest absolute Gasteiger partial charge is 0.467 e. The third-order valence-corrected chi connectivity index (χ3v) is 4.77. The first kappa shape index (κ1) is 15.9. The van der Waals surface area contributed by atoms with Crippen molar-refractivity contribution in [3.8, 4) is 0 Å². The van der Waals surface area contributed by atoms with Gasteiger partial charge in [-0.05, 0) is 30.3 Å². The van der Waals surface area contributed by atoms with E-state index < -0.39 is 5.92 Å². The quantitative estimate of drug-likeness (QED) is 0.701. The Bertz CT molecular complexity index is 935. The number of nitrogens with zero attached hydrogens (tertiary/aromatic N) is 2. The van der Waals surface area contributed by atoms with Crippen LogP contribution in [0.4, 0.5) is 5.82 Å². The lowest BCUT2D eigenvalue weighted by molar-refractivity contribution is -0.126. The van der Waals surface area contributed by atoms with Gasteiger partial charge < -0.3 is 9.73 Å². The van der Waals surface area contributed by atoms with Gasteiger partial charge in [-0.2, -0.15) is 5.10 Å². The highest BCUT2D eigenvalue weighted by Crippen LogP contribution is 2.31. The summed E-state index contributed by atoms with van der Waals surface area (Å²) in [5, 5.41) is 10.9. The van der Waals surface area contributed by atoms with Gasteiger partial charge in [-0.1, -0.05) is 15.9 Å². The molecule has 3 heterocycles. The molecule has 128 valence electrons. The predicted molar refractivity (Wildman–Crippen MR) is 94.8 cm³/mol. The molecule has 1 saturated heterocycles. The Hall–Kier alpha value is -2.61. The van der Waals surface area contributed by atoms with E-state index in [0.717, 1.165) is 15.4 Å². The van der Waals surface area contributed by atoms with Crippen molar-refractivity contribution in [1.82, 2.24) is 15.5 Å². The fourth-order valence-corrected chi connectivity index (χ4v) is 3.36. The fourth-order valence-electron chi connectivity index (χ4n) is 3.00. The zero-order valence-corrected chi connectivity index (χ0v) is 14.7. The van der Waals surface area contributed by atoms with Gasteiger partial charge in [0.15, 0.2) is 5.82 Å². The summed E-state index contributed by atoms with van der Waals surface area (Å²) >= 11 is 3.41. The number of nitrogens with one attached hydrogen (secondary N) is 2. The molecular formula is C17H15BrN4O3. The fraction of sp³-hybridized carbons (Fsp3) is 0.235. The first-order valence-corrected chi connectivity index (χ1v) is 8.65. The van der Waals surface area contributed by atoms with Crippen molar-refractivity contribution in [3.63, 3.8) is 0 Å². The predicted octanol–water partition coefficient (Wildman–Crippen LogP) is 2.59. The zero-order valence-electron chi connectivity index (χ0n) is 13.2. The van der Waals surface area contributed by atoms with Gasteiger partial charge in [0.05, 0.1) is 24.2 Å². The van der Waals surface area contributed by atoms with E-state index in [1.807, 2.05) is 18.2 Å². The number of anilines is 1. The van der Waals surface area contributed by atoms with Crippen LogP contribution in [-0.2, 0) is 16.1 Å². The average Bonchev–Trinajstić information content (AvgIpc) is 3.31. The molecule has 0 saturated carbocycles.